The third-order valence-corrected chi connectivity index (χ3v) is 3.82. The predicted octanol–water partition coefficient (Wildman–Crippen LogP) is 2.92. The van der Waals surface area contributed by atoms with E-state index >= 15 is 0 Å². The second-order valence-electron chi connectivity index (χ2n) is 5.44. The van der Waals surface area contributed by atoms with Crippen molar-refractivity contribution in [3.8, 4) is 5.75 Å². The summed E-state index contributed by atoms with van der Waals surface area (Å²) >= 11 is 0. The monoisotopic (exact) mass is 269 g/mol. The number of aryl methyl sites for hydroxylation is 1. The largest absolute Gasteiger partial charge is 0.458 e. The highest BCUT2D eigenvalue weighted by atomic mass is 16.6. The van der Waals surface area contributed by atoms with Crippen molar-refractivity contribution in [2.75, 3.05) is 19.0 Å². The highest BCUT2D eigenvalue weighted by Crippen LogP contribution is 2.37. The molecule has 3 rings (SSSR count). The third kappa shape index (κ3) is 2.25. The van der Waals surface area contributed by atoms with Crippen molar-refractivity contribution < 1.29 is 9.84 Å². The normalized spacial score (nSPS) is 20.9. The first-order valence-corrected chi connectivity index (χ1v) is 6.86. The van der Waals surface area contributed by atoms with Crippen LogP contribution in [0.4, 0.5) is 5.69 Å². The number of nitrogens with zero attached hydrogens (tertiary/aromatic N) is 1. The fourth-order valence-electron chi connectivity index (χ4n) is 2.57. The molecule has 2 aromatic rings. The molecule has 1 N–H and O–H groups in total. The molecular weight excluding hydrogens is 250 g/mol. The summed E-state index contributed by atoms with van der Waals surface area (Å²) in [5.41, 5.74) is 3.06. The number of anilines is 1. The lowest BCUT2D eigenvalue weighted by atomic mass is 9.94. The van der Waals surface area contributed by atoms with Crippen molar-refractivity contribution in [2.24, 2.45) is 0 Å². The van der Waals surface area contributed by atoms with Gasteiger partial charge in [-0.1, -0.05) is 30.3 Å². The van der Waals surface area contributed by atoms with Crippen molar-refractivity contribution in [2.45, 2.75) is 18.6 Å². The number of hydrogen-bond donors (Lipinski definition) is 1. The molecule has 0 amide bonds. The molecular formula is C17H19NO2. The maximum atomic E-state index is 10.8. The Kier molecular flexibility index (Phi) is 3.14. The zero-order valence-electron chi connectivity index (χ0n) is 11.8. The minimum Gasteiger partial charge on any atom is -0.458 e. The average molecular weight is 269 g/mol. The molecule has 0 fully saturated rings. The Balaban J connectivity index is 1.90. The number of hydrogen-bond acceptors (Lipinski definition) is 3. The predicted molar refractivity (Wildman–Crippen MR) is 80.1 cm³/mol. The summed E-state index contributed by atoms with van der Waals surface area (Å²) in [6, 6.07) is 15.7. The first kappa shape index (κ1) is 13.0. The van der Waals surface area contributed by atoms with Crippen LogP contribution in [-0.2, 0) is 12.2 Å². The molecule has 1 aliphatic rings. The van der Waals surface area contributed by atoms with Crippen LogP contribution in [0.15, 0.2) is 48.5 Å². The first-order chi connectivity index (χ1) is 9.58. The highest BCUT2D eigenvalue weighted by molar-refractivity contribution is 5.47. The lowest BCUT2D eigenvalue weighted by Gasteiger charge is -2.34. The summed E-state index contributed by atoms with van der Waals surface area (Å²) in [7, 11) is 3.99. The molecule has 0 radical (unpaired) electrons. The van der Waals surface area contributed by atoms with Crippen molar-refractivity contribution in [1.29, 1.82) is 0 Å². The van der Waals surface area contributed by atoms with Crippen LogP contribution in [0.2, 0.25) is 0 Å². The van der Waals surface area contributed by atoms with Crippen LogP contribution >= 0.6 is 0 Å². The second-order valence-corrected chi connectivity index (χ2v) is 5.44. The van der Waals surface area contributed by atoms with E-state index in [-0.39, 0.29) is 0 Å². The molecule has 1 heterocycles. The number of benzene rings is 2. The van der Waals surface area contributed by atoms with Gasteiger partial charge in [-0.15, -0.1) is 0 Å². The van der Waals surface area contributed by atoms with Gasteiger partial charge in [-0.3, -0.25) is 0 Å². The number of rotatable bonds is 2. The summed E-state index contributed by atoms with van der Waals surface area (Å²) < 4.78 is 5.85. The Morgan fingerprint density at radius 3 is 2.45 bits per heavy atom. The molecule has 0 saturated heterocycles. The molecule has 1 atom stereocenters. The van der Waals surface area contributed by atoms with E-state index < -0.39 is 5.79 Å². The number of fused-ring (bicyclic) bond motifs is 1. The molecule has 0 aliphatic carbocycles. The van der Waals surface area contributed by atoms with E-state index in [0.717, 1.165) is 29.0 Å². The van der Waals surface area contributed by atoms with Gasteiger partial charge in [-0.05, 0) is 30.2 Å². The maximum Gasteiger partial charge on any atom is 0.235 e. The molecule has 3 heteroatoms. The molecule has 104 valence electrons. The zero-order chi connectivity index (χ0) is 14.2. The van der Waals surface area contributed by atoms with E-state index in [4.69, 9.17) is 4.74 Å². The fourth-order valence-corrected chi connectivity index (χ4v) is 2.57. The molecule has 1 aliphatic heterocycles. The van der Waals surface area contributed by atoms with Crippen molar-refractivity contribution in [3.05, 3.63) is 59.7 Å². The van der Waals surface area contributed by atoms with Crippen molar-refractivity contribution in [3.63, 3.8) is 0 Å². The summed E-state index contributed by atoms with van der Waals surface area (Å²) in [5, 5.41) is 10.8. The number of ether oxygens (including phenoxy) is 1. The third-order valence-electron chi connectivity index (χ3n) is 3.82. The zero-order valence-corrected chi connectivity index (χ0v) is 11.8. The van der Waals surface area contributed by atoms with Gasteiger partial charge in [0.05, 0.1) is 0 Å². The van der Waals surface area contributed by atoms with E-state index in [0.29, 0.717) is 6.42 Å². The number of para-hydroxylation sites is 1. The topological polar surface area (TPSA) is 32.7 Å². The highest BCUT2D eigenvalue weighted by Gasteiger charge is 2.35. The van der Waals surface area contributed by atoms with Gasteiger partial charge in [0.2, 0.25) is 5.79 Å². The van der Waals surface area contributed by atoms with Gasteiger partial charge in [0.1, 0.15) is 5.75 Å². The molecule has 20 heavy (non-hydrogen) atoms. The van der Waals surface area contributed by atoms with Crippen LogP contribution in [0.5, 0.6) is 5.75 Å². The van der Waals surface area contributed by atoms with E-state index in [1.807, 2.05) is 67.5 Å². The quantitative estimate of drug-likeness (QED) is 0.910. The van der Waals surface area contributed by atoms with Crippen LogP contribution in [0.25, 0.3) is 0 Å². The van der Waals surface area contributed by atoms with Gasteiger partial charge in [0.25, 0.3) is 0 Å². The first-order valence-electron chi connectivity index (χ1n) is 6.86. The van der Waals surface area contributed by atoms with Gasteiger partial charge in [-0.2, -0.15) is 0 Å². The van der Waals surface area contributed by atoms with E-state index in [1.165, 1.54) is 0 Å². The van der Waals surface area contributed by atoms with Crippen LogP contribution in [0.1, 0.15) is 17.5 Å². The summed E-state index contributed by atoms with van der Waals surface area (Å²) in [6.45, 7) is 0. The Morgan fingerprint density at radius 2 is 1.75 bits per heavy atom. The Hall–Kier alpha value is -2.00. The molecule has 3 nitrogen and oxygen atoms in total. The van der Waals surface area contributed by atoms with Gasteiger partial charge < -0.3 is 14.7 Å². The van der Waals surface area contributed by atoms with Gasteiger partial charge in [-0.25, -0.2) is 0 Å². The minimum atomic E-state index is -1.22. The summed E-state index contributed by atoms with van der Waals surface area (Å²) in [4.78, 5) is 2.03. The van der Waals surface area contributed by atoms with E-state index in [9.17, 15) is 5.11 Å². The molecule has 0 bridgehead atoms. The Morgan fingerprint density at radius 1 is 1.05 bits per heavy atom. The van der Waals surface area contributed by atoms with Crippen LogP contribution < -0.4 is 9.64 Å². The van der Waals surface area contributed by atoms with Gasteiger partial charge >= 0.3 is 0 Å². The Labute approximate surface area is 119 Å². The Bertz CT molecular complexity index is 607. The SMILES string of the molecule is CN(C)c1ccc(C2(O)CCc3ccccc3O2)cc1. The van der Waals surface area contributed by atoms with Gasteiger partial charge in [0, 0.05) is 31.8 Å². The lowest BCUT2D eigenvalue weighted by molar-refractivity contribution is -0.158. The molecule has 1 unspecified atom stereocenters. The summed E-state index contributed by atoms with van der Waals surface area (Å²) in [5.74, 6) is -0.447. The van der Waals surface area contributed by atoms with Gasteiger partial charge in [0.15, 0.2) is 0 Å². The average Bonchev–Trinajstić information content (AvgIpc) is 2.47. The minimum absolute atomic E-state index is 0.575. The molecule has 0 spiro atoms. The molecule has 0 aromatic heterocycles. The fraction of sp³-hybridized carbons (Fsp3) is 0.294. The van der Waals surface area contributed by atoms with E-state index in [2.05, 4.69) is 0 Å². The van der Waals surface area contributed by atoms with Crippen LogP contribution in [0, 0.1) is 0 Å². The van der Waals surface area contributed by atoms with E-state index in [1.54, 1.807) is 0 Å². The standard InChI is InChI=1S/C17H19NO2/c1-18(2)15-9-7-14(8-10-15)17(19)12-11-13-5-3-4-6-16(13)20-17/h3-10,19H,11-12H2,1-2H3. The summed E-state index contributed by atoms with van der Waals surface area (Å²) in [6.07, 6.45) is 1.40. The lowest BCUT2D eigenvalue weighted by Crippen LogP contribution is -2.36. The molecule has 2 aromatic carbocycles. The van der Waals surface area contributed by atoms with Crippen molar-refractivity contribution >= 4 is 5.69 Å². The number of aliphatic hydroxyl groups is 1. The molecule has 0 saturated carbocycles. The maximum absolute atomic E-state index is 10.8. The smallest absolute Gasteiger partial charge is 0.235 e. The van der Waals surface area contributed by atoms with Crippen LogP contribution in [-0.4, -0.2) is 19.2 Å². The second kappa shape index (κ2) is 4.84. The van der Waals surface area contributed by atoms with Crippen molar-refractivity contribution in [1.82, 2.24) is 0 Å². The van der Waals surface area contributed by atoms with Crippen LogP contribution in [0.3, 0.4) is 0 Å².